The minimum Gasteiger partial charge on any atom is -0.493 e. The number of fused-ring (bicyclic) bond motifs is 1. The molecule has 35 heavy (non-hydrogen) atoms. The van der Waals surface area contributed by atoms with Crippen molar-refractivity contribution in [3.63, 3.8) is 0 Å². The number of hydrogen-bond donors (Lipinski definition) is 1. The second-order valence-electron chi connectivity index (χ2n) is 9.42. The van der Waals surface area contributed by atoms with Crippen LogP contribution in [0, 0.1) is 11.3 Å². The molecule has 2 atom stereocenters. The summed E-state index contributed by atoms with van der Waals surface area (Å²) in [5.74, 6) is -0.468. The molecule has 0 saturated heterocycles. The molecule has 0 amide bonds. The molecule has 0 aromatic heterocycles. The number of rotatable bonds is 10. The summed E-state index contributed by atoms with van der Waals surface area (Å²) in [6.07, 6.45) is 1.01. The highest BCUT2D eigenvalue weighted by atomic mass is 16.5. The van der Waals surface area contributed by atoms with Crippen LogP contribution in [0.3, 0.4) is 0 Å². The molecule has 9 nitrogen and oxygen atoms in total. The minimum atomic E-state index is -0.643. The Morgan fingerprint density at radius 2 is 1.74 bits per heavy atom. The van der Waals surface area contributed by atoms with Crippen LogP contribution in [0.1, 0.15) is 45.1 Å². The van der Waals surface area contributed by atoms with Gasteiger partial charge in [-0.2, -0.15) is 0 Å². The molecular formula is C26H36N2O7. The summed E-state index contributed by atoms with van der Waals surface area (Å²) < 4.78 is 27.7. The summed E-state index contributed by atoms with van der Waals surface area (Å²) >= 11 is 0. The van der Waals surface area contributed by atoms with E-state index in [9.17, 15) is 9.59 Å². The Labute approximate surface area is 206 Å². The van der Waals surface area contributed by atoms with E-state index in [4.69, 9.17) is 34.4 Å². The van der Waals surface area contributed by atoms with Crippen molar-refractivity contribution in [1.82, 2.24) is 0 Å². The van der Waals surface area contributed by atoms with Gasteiger partial charge in [0.1, 0.15) is 5.78 Å². The molecule has 1 aromatic rings. The van der Waals surface area contributed by atoms with Crippen molar-refractivity contribution in [2.45, 2.75) is 39.5 Å². The summed E-state index contributed by atoms with van der Waals surface area (Å²) in [7, 11) is 4.57. The fraction of sp³-hybridized carbons (Fsp3) is 0.577. The summed E-state index contributed by atoms with van der Waals surface area (Å²) in [4.78, 5) is 31.7. The number of ether oxygens (including phenoxy) is 5. The molecule has 2 unspecified atom stereocenters. The third kappa shape index (κ3) is 5.51. The Morgan fingerprint density at radius 1 is 1.09 bits per heavy atom. The predicted molar refractivity (Wildman–Crippen MR) is 131 cm³/mol. The molecule has 2 N–H and O–H groups in total. The van der Waals surface area contributed by atoms with E-state index in [2.05, 4.69) is 0 Å². The number of nitrogens with zero attached hydrogens (tertiary/aromatic N) is 1. The second-order valence-corrected chi connectivity index (χ2v) is 9.42. The van der Waals surface area contributed by atoms with Crippen LogP contribution >= 0.6 is 0 Å². The van der Waals surface area contributed by atoms with Crippen molar-refractivity contribution in [3.8, 4) is 17.2 Å². The number of aliphatic imine (C=N–C) groups is 1. The molecular weight excluding hydrogens is 452 g/mol. The average Bonchev–Trinajstić information content (AvgIpc) is 2.81. The maximum absolute atomic E-state index is 13.6. The SMILES string of the molecule is CCOC(=O)C1=C(COCCN)N=C2CC(C)(C)CC(=O)C2C1c1cc(OC)c(OC)c(OC)c1. The first kappa shape index (κ1) is 26.7. The molecule has 3 rings (SSSR count). The zero-order chi connectivity index (χ0) is 25.8. The van der Waals surface area contributed by atoms with E-state index in [1.807, 2.05) is 13.8 Å². The zero-order valence-electron chi connectivity index (χ0n) is 21.4. The second kappa shape index (κ2) is 11.2. The van der Waals surface area contributed by atoms with E-state index in [-0.39, 0.29) is 24.4 Å². The van der Waals surface area contributed by atoms with E-state index < -0.39 is 17.8 Å². The van der Waals surface area contributed by atoms with Crippen LogP contribution in [0.4, 0.5) is 0 Å². The molecule has 0 spiro atoms. The van der Waals surface area contributed by atoms with Crippen LogP contribution in [0.2, 0.25) is 0 Å². The minimum absolute atomic E-state index is 0.0301. The van der Waals surface area contributed by atoms with Crippen molar-refractivity contribution in [2.24, 2.45) is 22.1 Å². The number of Topliss-reactive ketones (excluding diaryl/α,β-unsaturated/α-hetero) is 1. The Balaban J connectivity index is 2.28. The number of methoxy groups -OCH3 is 3. The summed E-state index contributed by atoms with van der Waals surface area (Å²) in [6.45, 7) is 6.75. The number of ketones is 1. The van der Waals surface area contributed by atoms with Crippen molar-refractivity contribution in [3.05, 3.63) is 29.0 Å². The quantitative estimate of drug-likeness (QED) is 0.394. The monoisotopic (exact) mass is 488 g/mol. The molecule has 192 valence electrons. The number of benzene rings is 1. The van der Waals surface area contributed by atoms with Gasteiger partial charge in [0.15, 0.2) is 11.5 Å². The Bertz CT molecular complexity index is 1000. The third-order valence-electron chi connectivity index (χ3n) is 6.29. The molecule has 1 heterocycles. The number of hydrogen-bond acceptors (Lipinski definition) is 9. The highest BCUT2D eigenvalue weighted by molar-refractivity contribution is 6.12. The lowest BCUT2D eigenvalue weighted by atomic mass is 9.63. The average molecular weight is 489 g/mol. The lowest BCUT2D eigenvalue weighted by molar-refractivity contribution is -0.139. The fourth-order valence-electron chi connectivity index (χ4n) is 4.95. The molecule has 1 aromatic carbocycles. The van der Waals surface area contributed by atoms with E-state index >= 15 is 0 Å². The molecule has 1 aliphatic heterocycles. The van der Waals surface area contributed by atoms with Gasteiger partial charge in [-0.1, -0.05) is 13.8 Å². The third-order valence-corrected chi connectivity index (χ3v) is 6.29. The largest absolute Gasteiger partial charge is 0.493 e. The maximum atomic E-state index is 13.6. The first-order chi connectivity index (χ1) is 16.7. The number of nitrogens with two attached hydrogens (primary N) is 1. The van der Waals surface area contributed by atoms with Gasteiger partial charge in [0, 0.05) is 24.6 Å². The smallest absolute Gasteiger partial charge is 0.336 e. The molecule has 0 radical (unpaired) electrons. The van der Waals surface area contributed by atoms with Gasteiger partial charge in [-0.05, 0) is 36.5 Å². The lowest BCUT2D eigenvalue weighted by Gasteiger charge is -2.41. The maximum Gasteiger partial charge on any atom is 0.336 e. The van der Waals surface area contributed by atoms with Crippen LogP contribution in [-0.2, 0) is 19.1 Å². The standard InChI is InChI=1S/C26H36N2O7/c1-7-35-25(30)23-17(14-34-9-8-27)28-16-12-26(2,3)13-18(29)22(16)21(23)15-10-19(31-4)24(33-6)20(11-15)32-5/h10-11,21-22H,7-9,12-14,27H2,1-6H3. The van der Waals surface area contributed by atoms with Gasteiger partial charge in [-0.3, -0.25) is 9.79 Å². The molecule has 2 aliphatic rings. The number of esters is 1. The molecule has 0 bridgehead atoms. The fourth-order valence-corrected chi connectivity index (χ4v) is 4.95. The van der Waals surface area contributed by atoms with Gasteiger partial charge in [-0.15, -0.1) is 0 Å². The van der Waals surface area contributed by atoms with Gasteiger partial charge < -0.3 is 29.4 Å². The zero-order valence-corrected chi connectivity index (χ0v) is 21.4. The number of carbonyl (C=O) groups excluding carboxylic acids is 2. The van der Waals surface area contributed by atoms with Crippen molar-refractivity contribution in [2.75, 3.05) is 47.7 Å². The van der Waals surface area contributed by atoms with Crippen LogP contribution in [0.25, 0.3) is 0 Å². The highest BCUT2D eigenvalue weighted by Crippen LogP contribution is 2.50. The van der Waals surface area contributed by atoms with Crippen molar-refractivity contribution in [1.29, 1.82) is 0 Å². The Hall–Kier alpha value is -2.91. The van der Waals surface area contributed by atoms with E-state index in [1.165, 1.54) is 21.3 Å². The molecule has 1 aliphatic carbocycles. The Morgan fingerprint density at radius 3 is 2.29 bits per heavy atom. The van der Waals surface area contributed by atoms with Crippen molar-refractivity contribution >= 4 is 17.5 Å². The number of carbonyl (C=O) groups is 2. The van der Waals surface area contributed by atoms with Crippen LogP contribution in [0.15, 0.2) is 28.4 Å². The molecule has 9 heteroatoms. The molecule has 1 saturated carbocycles. The van der Waals surface area contributed by atoms with E-state index in [0.717, 1.165) is 5.71 Å². The van der Waals surface area contributed by atoms with E-state index in [0.29, 0.717) is 60.1 Å². The van der Waals surface area contributed by atoms with Gasteiger partial charge >= 0.3 is 5.97 Å². The predicted octanol–water partition coefficient (Wildman–Crippen LogP) is 3.05. The first-order valence-electron chi connectivity index (χ1n) is 11.8. The lowest BCUT2D eigenvalue weighted by Crippen LogP contribution is -2.44. The normalized spacial score (nSPS) is 21.2. The van der Waals surface area contributed by atoms with Gasteiger partial charge in [-0.25, -0.2) is 4.79 Å². The highest BCUT2D eigenvalue weighted by Gasteiger charge is 2.48. The van der Waals surface area contributed by atoms with Gasteiger partial charge in [0.2, 0.25) is 5.75 Å². The summed E-state index contributed by atoms with van der Waals surface area (Å²) in [5.41, 5.74) is 7.53. The molecule has 1 fully saturated rings. The van der Waals surface area contributed by atoms with Crippen LogP contribution in [0.5, 0.6) is 17.2 Å². The van der Waals surface area contributed by atoms with Gasteiger partial charge in [0.05, 0.1) is 58.3 Å². The Kier molecular flexibility index (Phi) is 8.56. The van der Waals surface area contributed by atoms with E-state index in [1.54, 1.807) is 19.1 Å². The van der Waals surface area contributed by atoms with Crippen molar-refractivity contribution < 1.29 is 33.3 Å². The summed E-state index contributed by atoms with van der Waals surface area (Å²) in [6, 6.07) is 3.55. The summed E-state index contributed by atoms with van der Waals surface area (Å²) in [5, 5.41) is 0. The van der Waals surface area contributed by atoms with Crippen LogP contribution < -0.4 is 19.9 Å². The first-order valence-corrected chi connectivity index (χ1v) is 11.8. The topological polar surface area (TPSA) is 119 Å². The van der Waals surface area contributed by atoms with Crippen LogP contribution in [-0.4, -0.2) is 65.2 Å². The van der Waals surface area contributed by atoms with Gasteiger partial charge in [0.25, 0.3) is 0 Å².